The number of aromatic nitrogens is 1. The zero-order valence-corrected chi connectivity index (χ0v) is 11.1. The van der Waals surface area contributed by atoms with Gasteiger partial charge in [0.25, 0.3) is 0 Å². The Kier molecular flexibility index (Phi) is 5.57. The van der Waals surface area contributed by atoms with Gasteiger partial charge in [-0.1, -0.05) is 0 Å². The second-order valence-electron chi connectivity index (χ2n) is 4.18. The van der Waals surface area contributed by atoms with E-state index in [4.69, 9.17) is 9.47 Å². The summed E-state index contributed by atoms with van der Waals surface area (Å²) in [5.74, 6) is -0.0791. The van der Waals surface area contributed by atoms with Crippen LogP contribution in [0, 0.1) is 0 Å². The van der Waals surface area contributed by atoms with Crippen LogP contribution in [0.2, 0.25) is 0 Å². The normalized spacial score (nSPS) is 19.0. The zero-order chi connectivity index (χ0) is 12.6. The second-order valence-corrected chi connectivity index (χ2v) is 5.16. The van der Waals surface area contributed by atoms with E-state index in [1.54, 1.807) is 17.5 Å². The van der Waals surface area contributed by atoms with Gasteiger partial charge in [-0.25, -0.2) is 4.98 Å². The molecule has 1 aliphatic heterocycles. The van der Waals surface area contributed by atoms with Crippen molar-refractivity contribution in [1.82, 2.24) is 10.3 Å². The van der Waals surface area contributed by atoms with E-state index in [2.05, 4.69) is 10.3 Å². The van der Waals surface area contributed by atoms with Crippen LogP contribution in [0.1, 0.15) is 17.8 Å². The molecular weight excluding hydrogens is 252 g/mol. The van der Waals surface area contributed by atoms with Gasteiger partial charge in [-0.2, -0.15) is 0 Å². The van der Waals surface area contributed by atoms with Crippen molar-refractivity contribution in [2.24, 2.45) is 0 Å². The molecule has 1 amide bonds. The van der Waals surface area contributed by atoms with Crippen molar-refractivity contribution in [3.8, 4) is 0 Å². The van der Waals surface area contributed by atoms with Crippen molar-refractivity contribution in [3.63, 3.8) is 0 Å². The maximum atomic E-state index is 11.5. The highest BCUT2D eigenvalue weighted by atomic mass is 32.1. The molecule has 0 aliphatic carbocycles. The third-order valence-electron chi connectivity index (χ3n) is 2.71. The molecule has 6 heteroatoms. The average molecular weight is 270 g/mol. The minimum atomic E-state index is -0.0791. The topological polar surface area (TPSA) is 60.5 Å². The SMILES string of the molecule is O=C(COCC1CCCO1)NCCc1nccs1. The summed E-state index contributed by atoms with van der Waals surface area (Å²) in [7, 11) is 0. The Balaban J connectivity index is 1.49. The number of amides is 1. The van der Waals surface area contributed by atoms with E-state index in [1.165, 1.54) is 0 Å². The van der Waals surface area contributed by atoms with Gasteiger partial charge < -0.3 is 14.8 Å². The summed E-state index contributed by atoms with van der Waals surface area (Å²) in [6.45, 7) is 2.04. The van der Waals surface area contributed by atoms with Gasteiger partial charge in [0, 0.05) is 31.1 Å². The van der Waals surface area contributed by atoms with E-state index in [0.717, 1.165) is 30.9 Å². The van der Waals surface area contributed by atoms with E-state index in [0.29, 0.717) is 13.2 Å². The first-order valence-corrected chi connectivity index (χ1v) is 7.07. The monoisotopic (exact) mass is 270 g/mol. The van der Waals surface area contributed by atoms with Crippen LogP contribution in [0.15, 0.2) is 11.6 Å². The van der Waals surface area contributed by atoms with E-state index in [-0.39, 0.29) is 18.6 Å². The highest BCUT2D eigenvalue weighted by Crippen LogP contribution is 2.11. The van der Waals surface area contributed by atoms with E-state index < -0.39 is 0 Å². The summed E-state index contributed by atoms with van der Waals surface area (Å²) < 4.78 is 10.7. The van der Waals surface area contributed by atoms with Gasteiger partial charge in [0.05, 0.1) is 17.7 Å². The molecule has 1 aromatic rings. The first-order chi connectivity index (χ1) is 8.84. The molecule has 0 spiro atoms. The standard InChI is InChI=1S/C12H18N2O3S/c15-11(9-16-8-10-2-1-6-17-10)13-4-3-12-14-5-7-18-12/h5,7,10H,1-4,6,8-9H2,(H,13,15). The lowest BCUT2D eigenvalue weighted by Crippen LogP contribution is -2.30. The smallest absolute Gasteiger partial charge is 0.246 e. The Hall–Kier alpha value is -0.980. The summed E-state index contributed by atoms with van der Waals surface area (Å²) in [6.07, 6.45) is 4.84. The molecule has 1 N–H and O–H groups in total. The number of nitrogens with one attached hydrogen (secondary N) is 1. The third kappa shape index (κ3) is 4.72. The fraction of sp³-hybridized carbons (Fsp3) is 0.667. The predicted octanol–water partition coefficient (Wildman–Crippen LogP) is 0.997. The Morgan fingerprint density at radius 1 is 1.67 bits per heavy atom. The lowest BCUT2D eigenvalue weighted by atomic mass is 10.2. The van der Waals surface area contributed by atoms with Gasteiger partial charge in [0.2, 0.25) is 5.91 Å². The van der Waals surface area contributed by atoms with Gasteiger partial charge in [-0.05, 0) is 12.8 Å². The van der Waals surface area contributed by atoms with Gasteiger partial charge in [-0.3, -0.25) is 4.79 Å². The Labute approximate surface area is 111 Å². The Morgan fingerprint density at radius 3 is 3.33 bits per heavy atom. The van der Waals surface area contributed by atoms with E-state index in [9.17, 15) is 4.79 Å². The van der Waals surface area contributed by atoms with Crippen LogP contribution < -0.4 is 5.32 Å². The van der Waals surface area contributed by atoms with Gasteiger partial charge in [-0.15, -0.1) is 11.3 Å². The van der Waals surface area contributed by atoms with E-state index >= 15 is 0 Å². The maximum absolute atomic E-state index is 11.5. The molecule has 18 heavy (non-hydrogen) atoms. The second kappa shape index (κ2) is 7.45. The summed E-state index contributed by atoms with van der Waals surface area (Å²) in [5.41, 5.74) is 0. The minimum Gasteiger partial charge on any atom is -0.376 e. The lowest BCUT2D eigenvalue weighted by molar-refractivity contribution is -0.126. The molecule has 0 radical (unpaired) electrons. The minimum absolute atomic E-state index is 0.0791. The average Bonchev–Trinajstić information content (AvgIpc) is 3.01. The lowest BCUT2D eigenvalue weighted by Gasteiger charge is -2.09. The first-order valence-electron chi connectivity index (χ1n) is 6.19. The number of ether oxygens (including phenoxy) is 2. The van der Waals surface area contributed by atoms with Crippen molar-refractivity contribution < 1.29 is 14.3 Å². The molecule has 1 saturated heterocycles. The van der Waals surface area contributed by atoms with Crippen molar-refractivity contribution in [3.05, 3.63) is 16.6 Å². The number of hydrogen-bond donors (Lipinski definition) is 1. The molecule has 0 saturated carbocycles. The number of carbonyl (C=O) groups is 1. The summed E-state index contributed by atoms with van der Waals surface area (Å²) in [6, 6.07) is 0. The predicted molar refractivity (Wildman–Crippen MR) is 68.6 cm³/mol. The quantitative estimate of drug-likeness (QED) is 0.803. The Morgan fingerprint density at radius 2 is 2.61 bits per heavy atom. The van der Waals surface area contributed by atoms with E-state index in [1.807, 2.05) is 5.38 Å². The largest absolute Gasteiger partial charge is 0.376 e. The number of rotatable bonds is 7. The van der Waals surface area contributed by atoms with Crippen molar-refractivity contribution in [1.29, 1.82) is 0 Å². The van der Waals surface area contributed by atoms with Crippen LogP contribution in [-0.4, -0.2) is 43.4 Å². The first kappa shape index (κ1) is 13.5. The molecule has 1 aliphatic rings. The molecule has 0 aromatic carbocycles. The zero-order valence-electron chi connectivity index (χ0n) is 10.3. The summed E-state index contributed by atoms with van der Waals surface area (Å²) in [5, 5.41) is 5.78. The maximum Gasteiger partial charge on any atom is 0.246 e. The Bertz CT molecular complexity index is 350. The molecule has 1 fully saturated rings. The molecule has 1 atom stereocenters. The molecule has 100 valence electrons. The summed E-state index contributed by atoms with van der Waals surface area (Å²) in [4.78, 5) is 15.6. The van der Waals surface area contributed by atoms with Crippen molar-refractivity contribution >= 4 is 17.2 Å². The molecule has 1 aromatic heterocycles. The number of nitrogens with zero attached hydrogens (tertiary/aromatic N) is 1. The molecule has 2 rings (SSSR count). The van der Waals surface area contributed by atoms with Gasteiger partial charge in [0.1, 0.15) is 6.61 Å². The van der Waals surface area contributed by atoms with Crippen LogP contribution in [0.4, 0.5) is 0 Å². The molecule has 0 bridgehead atoms. The number of carbonyl (C=O) groups excluding carboxylic acids is 1. The summed E-state index contributed by atoms with van der Waals surface area (Å²) >= 11 is 1.60. The number of thiazole rings is 1. The van der Waals surface area contributed by atoms with Crippen molar-refractivity contribution in [2.75, 3.05) is 26.4 Å². The van der Waals surface area contributed by atoms with Gasteiger partial charge >= 0.3 is 0 Å². The van der Waals surface area contributed by atoms with Crippen LogP contribution in [0.25, 0.3) is 0 Å². The van der Waals surface area contributed by atoms with Crippen LogP contribution in [-0.2, 0) is 20.7 Å². The molecule has 2 heterocycles. The molecular formula is C12H18N2O3S. The van der Waals surface area contributed by atoms with Crippen LogP contribution >= 0.6 is 11.3 Å². The fourth-order valence-corrected chi connectivity index (χ4v) is 2.42. The van der Waals surface area contributed by atoms with Crippen LogP contribution in [0.3, 0.4) is 0 Å². The van der Waals surface area contributed by atoms with Crippen LogP contribution in [0.5, 0.6) is 0 Å². The van der Waals surface area contributed by atoms with Crippen molar-refractivity contribution in [2.45, 2.75) is 25.4 Å². The van der Waals surface area contributed by atoms with Gasteiger partial charge in [0.15, 0.2) is 0 Å². The number of hydrogen-bond acceptors (Lipinski definition) is 5. The third-order valence-corrected chi connectivity index (χ3v) is 3.54. The molecule has 1 unspecified atom stereocenters. The highest BCUT2D eigenvalue weighted by molar-refractivity contribution is 7.09. The molecule has 5 nitrogen and oxygen atoms in total. The highest BCUT2D eigenvalue weighted by Gasteiger charge is 2.15. The fourth-order valence-electron chi connectivity index (χ4n) is 1.80.